The van der Waals surface area contributed by atoms with Crippen molar-refractivity contribution in [2.75, 3.05) is 13.1 Å². The first-order valence-electron chi connectivity index (χ1n) is 6.00. The maximum atomic E-state index is 10.9. The normalized spacial score (nSPS) is 10.8. The van der Waals surface area contributed by atoms with Crippen molar-refractivity contribution in [3.05, 3.63) is 24.2 Å². The fourth-order valence-electron chi connectivity index (χ4n) is 1.67. The van der Waals surface area contributed by atoms with Gasteiger partial charge >= 0.3 is 0 Å². The smallest absolute Gasteiger partial charge is 0.233 e. The van der Waals surface area contributed by atoms with E-state index >= 15 is 0 Å². The molecular formula is C12H21N3O2. The molecule has 0 aliphatic heterocycles. The summed E-state index contributed by atoms with van der Waals surface area (Å²) in [7, 11) is 0. The summed E-state index contributed by atoms with van der Waals surface area (Å²) in [5.41, 5.74) is 2.14. The van der Waals surface area contributed by atoms with Crippen LogP contribution >= 0.6 is 0 Å². The summed E-state index contributed by atoms with van der Waals surface area (Å²) in [5, 5.41) is 0. The third-order valence-corrected chi connectivity index (χ3v) is 2.70. The summed E-state index contributed by atoms with van der Waals surface area (Å²) >= 11 is 0. The van der Waals surface area contributed by atoms with Crippen molar-refractivity contribution >= 4 is 5.91 Å². The number of hydrazine groups is 1. The third kappa shape index (κ3) is 5.51. The number of hydrogen-bond acceptors (Lipinski definition) is 4. The van der Waals surface area contributed by atoms with Gasteiger partial charge in [-0.15, -0.1) is 0 Å². The van der Waals surface area contributed by atoms with Gasteiger partial charge in [0.25, 0.3) is 0 Å². The van der Waals surface area contributed by atoms with Crippen LogP contribution in [0.25, 0.3) is 0 Å². The van der Waals surface area contributed by atoms with E-state index in [1.54, 1.807) is 6.26 Å². The number of unbranched alkanes of at least 4 members (excludes halogenated alkanes) is 1. The lowest BCUT2D eigenvalue weighted by atomic mass is 10.2. The molecule has 1 aromatic heterocycles. The molecule has 0 aromatic carbocycles. The molecule has 3 N–H and O–H groups in total. The molecule has 17 heavy (non-hydrogen) atoms. The van der Waals surface area contributed by atoms with Gasteiger partial charge in [-0.1, -0.05) is 6.92 Å². The molecule has 1 rings (SSSR count). The highest BCUT2D eigenvalue weighted by atomic mass is 16.3. The topological polar surface area (TPSA) is 71.5 Å². The number of carbonyl (C=O) groups excluding carboxylic acids is 1. The fourth-order valence-corrected chi connectivity index (χ4v) is 1.67. The van der Waals surface area contributed by atoms with Crippen LogP contribution in [0.15, 0.2) is 22.8 Å². The fraction of sp³-hybridized carbons (Fsp3) is 0.583. The van der Waals surface area contributed by atoms with Gasteiger partial charge < -0.3 is 4.42 Å². The van der Waals surface area contributed by atoms with Gasteiger partial charge in [0, 0.05) is 6.42 Å². The highest BCUT2D eigenvalue weighted by Crippen LogP contribution is 2.07. The van der Waals surface area contributed by atoms with Crippen molar-refractivity contribution in [3.63, 3.8) is 0 Å². The largest absolute Gasteiger partial charge is 0.468 e. The number of carbonyl (C=O) groups is 1. The molecule has 0 bridgehead atoms. The number of nitrogens with two attached hydrogens (primary N) is 1. The molecule has 1 amide bonds. The van der Waals surface area contributed by atoms with E-state index in [0.717, 1.165) is 38.2 Å². The summed E-state index contributed by atoms with van der Waals surface area (Å²) in [6.07, 6.45) is 4.03. The lowest BCUT2D eigenvalue weighted by Gasteiger charge is -2.18. The number of rotatable bonds is 8. The van der Waals surface area contributed by atoms with Crippen LogP contribution in [-0.4, -0.2) is 23.9 Å². The first kappa shape index (κ1) is 13.7. The van der Waals surface area contributed by atoms with E-state index in [1.807, 2.05) is 12.1 Å². The Balaban J connectivity index is 2.17. The minimum Gasteiger partial charge on any atom is -0.468 e. The predicted octanol–water partition coefficient (Wildman–Crippen LogP) is 1.26. The van der Waals surface area contributed by atoms with Crippen molar-refractivity contribution < 1.29 is 9.21 Å². The van der Waals surface area contributed by atoms with E-state index < -0.39 is 0 Å². The maximum absolute atomic E-state index is 10.9. The molecular weight excluding hydrogens is 218 g/mol. The minimum atomic E-state index is -0.0981. The molecule has 5 heteroatoms. The Morgan fingerprint density at radius 2 is 2.35 bits per heavy atom. The zero-order chi connectivity index (χ0) is 12.5. The molecule has 0 atom stereocenters. The Kier molecular flexibility index (Phi) is 6.35. The Morgan fingerprint density at radius 1 is 1.53 bits per heavy atom. The van der Waals surface area contributed by atoms with Crippen molar-refractivity contribution in [1.29, 1.82) is 0 Å². The van der Waals surface area contributed by atoms with Crippen molar-refractivity contribution in [2.45, 2.75) is 32.7 Å². The number of nitrogens with zero attached hydrogens (tertiary/aromatic N) is 1. The lowest BCUT2D eigenvalue weighted by Crippen LogP contribution is -2.30. The zero-order valence-corrected chi connectivity index (χ0v) is 10.3. The van der Waals surface area contributed by atoms with Gasteiger partial charge in [-0.2, -0.15) is 0 Å². The highest BCUT2D eigenvalue weighted by molar-refractivity contribution is 5.75. The summed E-state index contributed by atoms with van der Waals surface area (Å²) in [6.45, 7) is 4.89. The van der Waals surface area contributed by atoms with E-state index in [2.05, 4.69) is 17.2 Å². The Bertz CT molecular complexity index is 312. The van der Waals surface area contributed by atoms with Crippen LogP contribution in [0, 0.1) is 0 Å². The molecule has 1 heterocycles. The first-order chi connectivity index (χ1) is 8.26. The van der Waals surface area contributed by atoms with Gasteiger partial charge in [-0.25, -0.2) is 5.84 Å². The predicted molar refractivity (Wildman–Crippen MR) is 65.8 cm³/mol. The van der Waals surface area contributed by atoms with Crippen LogP contribution < -0.4 is 11.3 Å². The van der Waals surface area contributed by atoms with Gasteiger partial charge in [0.15, 0.2) is 0 Å². The van der Waals surface area contributed by atoms with E-state index in [1.165, 1.54) is 0 Å². The summed E-state index contributed by atoms with van der Waals surface area (Å²) in [5.74, 6) is 5.89. The van der Waals surface area contributed by atoms with Crippen molar-refractivity contribution in [1.82, 2.24) is 10.3 Å². The van der Waals surface area contributed by atoms with Gasteiger partial charge in [0.2, 0.25) is 5.91 Å². The standard InChI is InChI=1S/C12H21N3O2/c1-2-15(10-11-6-5-9-17-11)8-4-3-7-12(16)14-13/h5-6,9H,2-4,7-8,10,13H2,1H3,(H,14,16). The Labute approximate surface area is 102 Å². The zero-order valence-electron chi connectivity index (χ0n) is 10.3. The maximum Gasteiger partial charge on any atom is 0.233 e. The van der Waals surface area contributed by atoms with E-state index in [-0.39, 0.29) is 5.91 Å². The summed E-state index contributed by atoms with van der Waals surface area (Å²) < 4.78 is 5.31. The molecule has 0 fully saturated rings. The second-order valence-corrected chi connectivity index (χ2v) is 3.97. The van der Waals surface area contributed by atoms with Crippen LogP contribution in [0.3, 0.4) is 0 Å². The van der Waals surface area contributed by atoms with Gasteiger partial charge in [0.05, 0.1) is 12.8 Å². The average molecular weight is 239 g/mol. The molecule has 1 aromatic rings. The second kappa shape index (κ2) is 7.86. The van der Waals surface area contributed by atoms with Crippen LogP contribution in [0.2, 0.25) is 0 Å². The van der Waals surface area contributed by atoms with Crippen molar-refractivity contribution in [3.8, 4) is 0 Å². The molecule has 5 nitrogen and oxygen atoms in total. The quantitative estimate of drug-likeness (QED) is 0.310. The van der Waals surface area contributed by atoms with E-state index in [0.29, 0.717) is 6.42 Å². The highest BCUT2D eigenvalue weighted by Gasteiger charge is 2.06. The van der Waals surface area contributed by atoms with Crippen LogP contribution in [0.5, 0.6) is 0 Å². The molecule has 0 spiro atoms. The van der Waals surface area contributed by atoms with Crippen LogP contribution in [0.4, 0.5) is 0 Å². The molecule has 0 radical (unpaired) electrons. The molecule has 0 unspecified atom stereocenters. The Hall–Kier alpha value is -1.33. The van der Waals surface area contributed by atoms with Gasteiger partial charge in [-0.3, -0.25) is 15.1 Å². The molecule has 0 aliphatic carbocycles. The molecule has 0 aliphatic rings. The third-order valence-electron chi connectivity index (χ3n) is 2.70. The van der Waals surface area contributed by atoms with Gasteiger partial charge in [-0.05, 0) is 38.1 Å². The minimum absolute atomic E-state index is 0.0981. The summed E-state index contributed by atoms with van der Waals surface area (Å²) in [4.78, 5) is 13.2. The summed E-state index contributed by atoms with van der Waals surface area (Å²) in [6, 6.07) is 3.87. The Morgan fingerprint density at radius 3 is 2.94 bits per heavy atom. The number of furan rings is 1. The number of hydrogen-bond donors (Lipinski definition) is 2. The molecule has 0 saturated heterocycles. The van der Waals surface area contributed by atoms with Gasteiger partial charge in [0.1, 0.15) is 5.76 Å². The van der Waals surface area contributed by atoms with Crippen LogP contribution in [0.1, 0.15) is 31.9 Å². The molecule has 0 saturated carbocycles. The molecule has 96 valence electrons. The number of nitrogens with one attached hydrogen (secondary N) is 1. The lowest BCUT2D eigenvalue weighted by molar-refractivity contribution is -0.121. The SMILES string of the molecule is CCN(CCCCC(=O)NN)Cc1ccco1. The van der Waals surface area contributed by atoms with Crippen molar-refractivity contribution in [2.24, 2.45) is 5.84 Å². The first-order valence-corrected chi connectivity index (χ1v) is 6.00. The second-order valence-electron chi connectivity index (χ2n) is 3.97. The van der Waals surface area contributed by atoms with Crippen LogP contribution in [-0.2, 0) is 11.3 Å². The average Bonchev–Trinajstić information content (AvgIpc) is 2.85. The number of amides is 1. The van der Waals surface area contributed by atoms with E-state index in [4.69, 9.17) is 10.3 Å². The monoisotopic (exact) mass is 239 g/mol. The van der Waals surface area contributed by atoms with E-state index in [9.17, 15) is 4.79 Å².